The third kappa shape index (κ3) is 3.85. The number of pyridine rings is 1. The average molecular weight is 275 g/mol. The van der Waals surface area contributed by atoms with E-state index in [1.165, 1.54) is 23.1 Å². The van der Waals surface area contributed by atoms with E-state index in [1.54, 1.807) is 0 Å². The number of nitrogens with zero attached hydrogens (tertiary/aromatic N) is 1. The number of nitrogen functional groups attached to an aromatic ring is 1. The smallest absolute Gasteiger partial charge is 0.144 e. The van der Waals surface area contributed by atoms with Crippen LogP contribution in [0.5, 0.6) is 0 Å². The summed E-state index contributed by atoms with van der Waals surface area (Å²) in [7, 11) is 0. The lowest BCUT2D eigenvalue weighted by atomic mass is 10.1. The minimum absolute atomic E-state index is 0.759. The van der Waals surface area contributed by atoms with Crippen LogP contribution in [0.25, 0.3) is 10.9 Å². The molecule has 3 nitrogen and oxygen atoms in total. The van der Waals surface area contributed by atoms with E-state index in [1.807, 2.05) is 30.0 Å². The minimum Gasteiger partial charge on any atom is -0.308 e. The fourth-order valence-corrected chi connectivity index (χ4v) is 3.12. The number of hydrogen-bond donors (Lipinski definition) is 2. The van der Waals surface area contributed by atoms with E-state index in [4.69, 9.17) is 5.84 Å². The van der Waals surface area contributed by atoms with Crippen LogP contribution in [-0.4, -0.2) is 10.7 Å². The van der Waals surface area contributed by atoms with Crippen LogP contribution in [-0.2, 0) is 5.75 Å². The second-order valence-corrected chi connectivity index (χ2v) is 6.17. The Morgan fingerprint density at radius 3 is 2.84 bits per heavy atom. The van der Waals surface area contributed by atoms with Gasteiger partial charge >= 0.3 is 0 Å². The number of nitrogens with one attached hydrogen (secondary N) is 1. The Bertz CT molecular complexity index is 540. The van der Waals surface area contributed by atoms with E-state index in [9.17, 15) is 0 Å². The molecule has 0 aliphatic heterocycles. The first-order valence-corrected chi connectivity index (χ1v) is 7.79. The maximum atomic E-state index is 5.57. The number of thioether (sulfide) groups is 1. The highest BCUT2D eigenvalue weighted by Crippen LogP contribution is 2.24. The van der Waals surface area contributed by atoms with Gasteiger partial charge in [-0.1, -0.05) is 32.0 Å². The molecule has 1 aromatic carbocycles. The minimum atomic E-state index is 0.759. The number of nitrogens with two attached hydrogens (primary N) is 1. The van der Waals surface area contributed by atoms with Gasteiger partial charge in [-0.25, -0.2) is 10.8 Å². The number of anilines is 1. The van der Waals surface area contributed by atoms with Gasteiger partial charge < -0.3 is 5.43 Å². The van der Waals surface area contributed by atoms with Crippen LogP contribution < -0.4 is 11.3 Å². The van der Waals surface area contributed by atoms with Crippen LogP contribution in [0.15, 0.2) is 30.3 Å². The van der Waals surface area contributed by atoms with Crippen molar-refractivity contribution >= 4 is 28.5 Å². The quantitative estimate of drug-likeness (QED) is 0.478. The van der Waals surface area contributed by atoms with E-state index >= 15 is 0 Å². The van der Waals surface area contributed by atoms with Gasteiger partial charge in [-0.3, -0.25) is 0 Å². The highest BCUT2D eigenvalue weighted by molar-refractivity contribution is 7.98. The molecule has 0 amide bonds. The lowest BCUT2D eigenvalue weighted by molar-refractivity contribution is 0.632. The molecular formula is C15H21N3S. The Balaban J connectivity index is 2.12. The molecule has 0 fully saturated rings. The van der Waals surface area contributed by atoms with Gasteiger partial charge in [-0.15, -0.1) is 0 Å². The first-order chi connectivity index (χ1) is 9.20. The van der Waals surface area contributed by atoms with Crippen molar-refractivity contribution in [3.63, 3.8) is 0 Å². The summed E-state index contributed by atoms with van der Waals surface area (Å²) in [6.45, 7) is 4.51. The second-order valence-electron chi connectivity index (χ2n) is 5.07. The maximum absolute atomic E-state index is 5.57. The zero-order chi connectivity index (χ0) is 13.7. The number of hydrazine groups is 1. The molecule has 0 unspecified atom stereocenters. The molecule has 19 heavy (non-hydrogen) atoms. The average Bonchev–Trinajstić information content (AvgIpc) is 2.42. The van der Waals surface area contributed by atoms with Crippen molar-refractivity contribution in [2.24, 2.45) is 11.8 Å². The third-order valence-corrected chi connectivity index (χ3v) is 4.08. The fourth-order valence-electron chi connectivity index (χ4n) is 1.90. The van der Waals surface area contributed by atoms with Crippen LogP contribution >= 0.6 is 11.8 Å². The van der Waals surface area contributed by atoms with Crippen LogP contribution in [0.1, 0.15) is 25.8 Å². The van der Waals surface area contributed by atoms with Gasteiger partial charge in [0.05, 0.1) is 5.52 Å². The van der Waals surface area contributed by atoms with E-state index in [0.717, 1.165) is 23.0 Å². The SMILES string of the molecule is CC(C)CCSCc1cc2ccccc2nc1NN. The summed E-state index contributed by atoms with van der Waals surface area (Å²) in [6.07, 6.45) is 1.25. The molecule has 3 N–H and O–H groups in total. The molecule has 1 aromatic heterocycles. The van der Waals surface area contributed by atoms with Crippen molar-refractivity contribution in [1.82, 2.24) is 4.98 Å². The second kappa shape index (κ2) is 6.78. The van der Waals surface area contributed by atoms with Crippen LogP contribution in [0.2, 0.25) is 0 Å². The predicted octanol–water partition coefficient (Wildman–Crippen LogP) is 3.80. The van der Waals surface area contributed by atoms with Gasteiger partial charge in [0.15, 0.2) is 0 Å². The Labute approximate surface area is 119 Å². The predicted molar refractivity (Wildman–Crippen MR) is 85.2 cm³/mol. The third-order valence-electron chi connectivity index (χ3n) is 3.04. The summed E-state index contributed by atoms with van der Waals surface area (Å²) in [5.74, 6) is 9.24. The molecule has 2 rings (SSSR count). The molecule has 4 heteroatoms. The molecule has 0 saturated carbocycles. The highest BCUT2D eigenvalue weighted by atomic mass is 32.2. The lowest BCUT2D eigenvalue weighted by Crippen LogP contribution is -2.11. The van der Waals surface area contributed by atoms with Gasteiger partial charge in [-0.05, 0) is 30.2 Å². The summed E-state index contributed by atoms with van der Waals surface area (Å²) >= 11 is 1.94. The van der Waals surface area contributed by atoms with Crippen molar-refractivity contribution < 1.29 is 0 Å². The van der Waals surface area contributed by atoms with Crippen LogP contribution in [0.3, 0.4) is 0 Å². The molecule has 0 atom stereocenters. The Hall–Kier alpha value is -1.26. The zero-order valence-corrected chi connectivity index (χ0v) is 12.3. The number of rotatable bonds is 6. The highest BCUT2D eigenvalue weighted by Gasteiger charge is 2.06. The molecular weight excluding hydrogens is 254 g/mol. The van der Waals surface area contributed by atoms with Crippen molar-refractivity contribution in [2.45, 2.75) is 26.0 Å². The molecule has 0 spiro atoms. The van der Waals surface area contributed by atoms with Crippen LogP contribution in [0.4, 0.5) is 5.82 Å². The van der Waals surface area contributed by atoms with E-state index in [0.29, 0.717) is 0 Å². The number of aromatic nitrogens is 1. The normalized spacial score (nSPS) is 11.2. The monoisotopic (exact) mass is 275 g/mol. The summed E-state index contributed by atoms with van der Waals surface area (Å²) in [5, 5.41) is 1.17. The first-order valence-electron chi connectivity index (χ1n) is 6.63. The Morgan fingerprint density at radius 2 is 2.11 bits per heavy atom. The molecule has 102 valence electrons. The first kappa shape index (κ1) is 14.2. The number of hydrogen-bond acceptors (Lipinski definition) is 4. The van der Waals surface area contributed by atoms with Crippen molar-refractivity contribution in [3.05, 3.63) is 35.9 Å². The largest absolute Gasteiger partial charge is 0.308 e. The molecule has 0 radical (unpaired) electrons. The number of para-hydroxylation sites is 1. The van der Waals surface area contributed by atoms with Gasteiger partial charge in [0.25, 0.3) is 0 Å². The molecule has 0 saturated heterocycles. The number of benzene rings is 1. The summed E-state index contributed by atoms with van der Waals surface area (Å²) < 4.78 is 0. The van der Waals surface area contributed by atoms with Crippen molar-refractivity contribution in [2.75, 3.05) is 11.2 Å². The summed E-state index contributed by atoms with van der Waals surface area (Å²) in [5.41, 5.74) is 4.87. The Morgan fingerprint density at radius 1 is 1.32 bits per heavy atom. The maximum Gasteiger partial charge on any atom is 0.144 e. The van der Waals surface area contributed by atoms with E-state index in [-0.39, 0.29) is 0 Å². The van der Waals surface area contributed by atoms with E-state index < -0.39 is 0 Å². The summed E-state index contributed by atoms with van der Waals surface area (Å²) in [4.78, 5) is 4.56. The van der Waals surface area contributed by atoms with E-state index in [2.05, 4.69) is 36.4 Å². The molecule has 1 heterocycles. The van der Waals surface area contributed by atoms with Crippen molar-refractivity contribution in [3.8, 4) is 0 Å². The summed E-state index contributed by atoms with van der Waals surface area (Å²) in [6, 6.07) is 10.3. The zero-order valence-electron chi connectivity index (χ0n) is 11.5. The molecule has 0 aliphatic carbocycles. The lowest BCUT2D eigenvalue weighted by Gasteiger charge is -2.10. The van der Waals surface area contributed by atoms with Gasteiger partial charge in [0.1, 0.15) is 5.82 Å². The molecule has 0 aliphatic rings. The van der Waals surface area contributed by atoms with Gasteiger partial charge in [0, 0.05) is 16.7 Å². The van der Waals surface area contributed by atoms with Gasteiger partial charge in [0.2, 0.25) is 0 Å². The van der Waals surface area contributed by atoms with Crippen LogP contribution in [0, 0.1) is 5.92 Å². The van der Waals surface area contributed by atoms with Crippen molar-refractivity contribution in [1.29, 1.82) is 0 Å². The topological polar surface area (TPSA) is 50.9 Å². The number of fused-ring (bicyclic) bond motifs is 1. The molecule has 0 bridgehead atoms. The Kier molecular flexibility index (Phi) is 5.05. The standard InChI is InChI=1S/C15H21N3S/c1-11(2)7-8-19-10-13-9-12-5-3-4-6-14(12)17-15(13)18-16/h3-6,9,11H,7-8,10,16H2,1-2H3,(H,17,18). The molecule has 2 aromatic rings. The fraction of sp³-hybridized carbons (Fsp3) is 0.400. The van der Waals surface area contributed by atoms with Gasteiger partial charge in [-0.2, -0.15) is 11.8 Å².